The molecule has 0 saturated heterocycles. The Morgan fingerprint density at radius 2 is 2.17 bits per heavy atom. The summed E-state index contributed by atoms with van der Waals surface area (Å²) in [5, 5.41) is 30.8. The minimum atomic E-state index is -0.626. The van der Waals surface area contributed by atoms with Crippen LogP contribution in [-0.4, -0.2) is 16.2 Å². The van der Waals surface area contributed by atoms with Crippen molar-refractivity contribution in [1.29, 1.82) is 5.26 Å². The van der Waals surface area contributed by atoms with Crippen LogP contribution in [0.2, 0.25) is 0 Å². The third kappa shape index (κ3) is 3.14. The highest BCUT2D eigenvalue weighted by atomic mass is 127. The van der Waals surface area contributed by atoms with Gasteiger partial charge in [-0.2, -0.15) is 5.26 Å². The molecule has 0 spiro atoms. The van der Waals surface area contributed by atoms with Crippen molar-refractivity contribution in [2.75, 3.05) is 0 Å². The molecule has 0 amide bonds. The topological polar surface area (TPSA) is 99.5 Å². The number of nitriles is 1. The number of nitro benzene ring substituents is 1. The van der Waals surface area contributed by atoms with Crippen molar-refractivity contribution >= 4 is 50.8 Å². The van der Waals surface area contributed by atoms with Crippen LogP contribution in [0.25, 0.3) is 0 Å². The maximum atomic E-state index is 11.0. The number of hydrogen-bond donors (Lipinski definition) is 1. The molecule has 1 aromatic heterocycles. The van der Waals surface area contributed by atoms with E-state index in [0.29, 0.717) is 19.7 Å². The van der Waals surface area contributed by atoms with E-state index in [4.69, 9.17) is 0 Å². The van der Waals surface area contributed by atoms with Gasteiger partial charge in [0.2, 0.25) is 5.75 Å². The Balaban J connectivity index is 1.99. The first-order valence-electron chi connectivity index (χ1n) is 7.27. The number of thiophene rings is 1. The quantitative estimate of drug-likeness (QED) is 0.321. The van der Waals surface area contributed by atoms with Crippen LogP contribution in [0, 0.1) is 25.0 Å². The van der Waals surface area contributed by atoms with Gasteiger partial charge in [-0.25, -0.2) is 4.99 Å². The molecule has 122 valence electrons. The number of phenols is 1. The molecule has 6 nitrogen and oxygen atoms in total. The van der Waals surface area contributed by atoms with Crippen LogP contribution in [0.1, 0.15) is 34.4 Å². The molecule has 1 heterocycles. The van der Waals surface area contributed by atoms with Crippen LogP contribution >= 0.6 is 33.9 Å². The van der Waals surface area contributed by atoms with Crippen LogP contribution in [0.3, 0.4) is 0 Å². The molecule has 1 N–H and O–H groups in total. The number of nitro groups is 1. The van der Waals surface area contributed by atoms with Crippen LogP contribution in [0.4, 0.5) is 10.7 Å². The summed E-state index contributed by atoms with van der Waals surface area (Å²) in [4.78, 5) is 16.0. The molecule has 0 fully saturated rings. The lowest BCUT2D eigenvalue weighted by Crippen LogP contribution is -1.99. The SMILES string of the molecule is N#Cc1c(N=Cc2cc(I)c(O)c([N+](=O)[O-])c2)sc2c1CCCC2. The first-order valence-corrected chi connectivity index (χ1v) is 9.16. The van der Waals surface area contributed by atoms with E-state index in [0.717, 1.165) is 31.2 Å². The van der Waals surface area contributed by atoms with Crippen molar-refractivity contribution in [3.05, 3.63) is 47.4 Å². The van der Waals surface area contributed by atoms with Gasteiger partial charge in [-0.1, -0.05) is 0 Å². The van der Waals surface area contributed by atoms with Gasteiger partial charge >= 0.3 is 5.69 Å². The van der Waals surface area contributed by atoms with Crippen molar-refractivity contribution in [3.8, 4) is 11.8 Å². The lowest BCUT2D eigenvalue weighted by molar-refractivity contribution is -0.386. The first kappa shape index (κ1) is 16.9. The van der Waals surface area contributed by atoms with E-state index >= 15 is 0 Å². The Labute approximate surface area is 155 Å². The van der Waals surface area contributed by atoms with Crippen LogP contribution in [-0.2, 0) is 12.8 Å². The smallest absolute Gasteiger partial charge is 0.312 e. The fourth-order valence-corrected chi connectivity index (χ4v) is 4.53. The summed E-state index contributed by atoms with van der Waals surface area (Å²) in [5.41, 5.74) is 1.88. The minimum absolute atomic E-state index is 0.345. The van der Waals surface area contributed by atoms with Gasteiger partial charge in [0.05, 0.1) is 14.1 Å². The number of hydrogen-bond acceptors (Lipinski definition) is 6. The normalized spacial score (nSPS) is 13.7. The number of phenolic OH excluding ortho intramolecular Hbond substituents is 1. The number of benzene rings is 1. The Morgan fingerprint density at radius 1 is 1.42 bits per heavy atom. The maximum absolute atomic E-state index is 11.0. The lowest BCUT2D eigenvalue weighted by Gasteiger charge is -2.09. The molecule has 0 aliphatic heterocycles. The second-order valence-corrected chi connectivity index (χ2v) is 7.63. The van der Waals surface area contributed by atoms with E-state index < -0.39 is 4.92 Å². The zero-order valence-corrected chi connectivity index (χ0v) is 15.4. The molecule has 0 radical (unpaired) electrons. The molecular weight excluding hydrogens is 441 g/mol. The fraction of sp³-hybridized carbons (Fsp3) is 0.250. The van der Waals surface area contributed by atoms with E-state index in [1.165, 1.54) is 28.5 Å². The lowest BCUT2D eigenvalue weighted by atomic mass is 9.96. The summed E-state index contributed by atoms with van der Waals surface area (Å²) in [6.45, 7) is 0. The zero-order chi connectivity index (χ0) is 17.3. The summed E-state index contributed by atoms with van der Waals surface area (Å²) in [6.07, 6.45) is 5.61. The summed E-state index contributed by atoms with van der Waals surface area (Å²) in [6, 6.07) is 5.13. The molecule has 1 aliphatic rings. The second-order valence-electron chi connectivity index (χ2n) is 5.39. The Hall–Kier alpha value is -1.99. The molecule has 1 aromatic carbocycles. The number of aliphatic imine (C=N–C) groups is 1. The highest BCUT2D eigenvalue weighted by Gasteiger charge is 2.21. The van der Waals surface area contributed by atoms with E-state index in [-0.39, 0.29) is 11.4 Å². The van der Waals surface area contributed by atoms with Crippen LogP contribution in [0.15, 0.2) is 17.1 Å². The number of rotatable bonds is 3. The standard InChI is InChI=1S/C16H12IN3O3S/c17-12-5-9(6-13(15(12)21)20(22)23)8-19-16-11(7-18)10-3-1-2-4-14(10)24-16/h5-6,8,21H,1-4H2. The van der Waals surface area contributed by atoms with E-state index in [2.05, 4.69) is 11.1 Å². The Morgan fingerprint density at radius 3 is 2.88 bits per heavy atom. The van der Waals surface area contributed by atoms with Crippen molar-refractivity contribution in [2.45, 2.75) is 25.7 Å². The average Bonchev–Trinajstić information content (AvgIpc) is 2.92. The minimum Gasteiger partial charge on any atom is -0.501 e. The summed E-state index contributed by atoms with van der Waals surface area (Å²) >= 11 is 3.36. The highest BCUT2D eigenvalue weighted by Crippen LogP contribution is 2.39. The molecule has 0 bridgehead atoms. The molecule has 0 unspecified atom stereocenters. The van der Waals surface area contributed by atoms with Crippen molar-refractivity contribution in [1.82, 2.24) is 0 Å². The number of aromatic hydroxyl groups is 1. The maximum Gasteiger partial charge on any atom is 0.312 e. The molecule has 2 aromatic rings. The predicted octanol–water partition coefficient (Wildman–Crippen LogP) is 4.47. The van der Waals surface area contributed by atoms with Gasteiger partial charge in [-0.05, 0) is 59.9 Å². The number of halogens is 1. The van der Waals surface area contributed by atoms with Gasteiger partial charge in [0.1, 0.15) is 11.1 Å². The van der Waals surface area contributed by atoms with Gasteiger partial charge < -0.3 is 5.11 Å². The number of fused-ring (bicyclic) bond motifs is 1. The predicted molar refractivity (Wildman–Crippen MR) is 100 cm³/mol. The third-order valence-corrected chi connectivity index (χ3v) is 5.88. The largest absolute Gasteiger partial charge is 0.501 e. The second kappa shape index (κ2) is 6.86. The Bertz CT molecular complexity index is 899. The fourth-order valence-electron chi connectivity index (χ4n) is 2.71. The highest BCUT2D eigenvalue weighted by molar-refractivity contribution is 14.1. The van der Waals surface area contributed by atoms with Gasteiger partial charge in [-0.3, -0.25) is 10.1 Å². The van der Waals surface area contributed by atoms with Crippen molar-refractivity contribution < 1.29 is 10.0 Å². The molecule has 0 atom stereocenters. The van der Waals surface area contributed by atoms with Crippen molar-refractivity contribution in [3.63, 3.8) is 0 Å². The summed E-state index contributed by atoms with van der Waals surface area (Å²) in [7, 11) is 0. The van der Waals surface area contributed by atoms with E-state index in [1.54, 1.807) is 6.07 Å². The molecular formula is C16H12IN3O3S. The Kier molecular flexibility index (Phi) is 4.82. The van der Waals surface area contributed by atoms with Crippen LogP contribution in [0.5, 0.6) is 5.75 Å². The van der Waals surface area contributed by atoms with Gasteiger partial charge in [-0.15, -0.1) is 11.3 Å². The van der Waals surface area contributed by atoms with Gasteiger partial charge in [0.15, 0.2) is 0 Å². The molecule has 3 rings (SSSR count). The first-order chi connectivity index (χ1) is 11.5. The van der Waals surface area contributed by atoms with E-state index in [9.17, 15) is 20.5 Å². The third-order valence-electron chi connectivity index (χ3n) is 3.86. The zero-order valence-electron chi connectivity index (χ0n) is 12.5. The van der Waals surface area contributed by atoms with Gasteiger partial charge in [0.25, 0.3) is 0 Å². The average molecular weight is 453 g/mol. The summed E-state index contributed by atoms with van der Waals surface area (Å²) in [5.74, 6) is -0.345. The van der Waals surface area contributed by atoms with Crippen LogP contribution < -0.4 is 0 Å². The van der Waals surface area contributed by atoms with E-state index in [1.807, 2.05) is 22.6 Å². The summed E-state index contributed by atoms with van der Waals surface area (Å²) < 4.78 is 0.384. The van der Waals surface area contributed by atoms with Gasteiger partial charge in [0, 0.05) is 22.7 Å². The molecule has 24 heavy (non-hydrogen) atoms. The van der Waals surface area contributed by atoms with Crippen molar-refractivity contribution in [2.24, 2.45) is 4.99 Å². The molecule has 8 heteroatoms. The number of nitrogens with zero attached hydrogens (tertiary/aromatic N) is 3. The monoisotopic (exact) mass is 453 g/mol. The number of aryl methyl sites for hydroxylation is 1. The molecule has 1 aliphatic carbocycles. The molecule has 0 saturated carbocycles.